The third-order valence-electron chi connectivity index (χ3n) is 8.11. The van der Waals surface area contributed by atoms with Gasteiger partial charge >= 0.3 is 6.03 Å². The predicted octanol–water partition coefficient (Wildman–Crippen LogP) is 4.17. The van der Waals surface area contributed by atoms with Crippen LogP contribution in [0.3, 0.4) is 0 Å². The Bertz CT molecular complexity index is 1380. The molecule has 4 rings (SSSR count). The minimum absolute atomic E-state index is 0.00300. The van der Waals surface area contributed by atoms with Gasteiger partial charge in [0.2, 0.25) is 22.0 Å². The zero-order chi connectivity index (χ0) is 31.5. The number of sulfone groups is 1. The number of carbonyl (C=O) groups is 2. The Labute approximate surface area is 261 Å². The number of nitrogens with zero attached hydrogens (tertiary/aromatic N) is 3. The molecule has 2 aliphatic heterocycles. The van der Waals surface area contributed by atoms with Gasteiger partial charge in [0.05, 0.1) is 4.90 Å². The predicted molar refractivity (Wildman–Crippen MR) is 169 cm³/mol. The molecule has 2 aromatic rings. The normalized spacial score (nSPS) is 18.0. The molecule has 0 bridgehead atoms. The van der Waals surface area contributed by atoms with Crippen molar-refractivity contribution in [3.63, 3.8) is 0 Å². The number of ether oxygens (including phenoxy) is 2. The summed E-state index contributed by atoms with van der Waals surface area (Å²) in [5, 5.41) is 2.44. The van der Waals surface area contributed by atoms with Crippen LogP contribution in [-0.4, -0.2) is 93.7 Å². The summed E-state index contributed by atoms with van der Waals surface area (Å²) >= 11 is 0. The lowest BCUT2D eigenvalue weighted by atomic mass is 10.1. The molecule has 11 heteroatoms. The number of amides is 3. The molecule has 1 fully saturated rings. The Morgan fingerprint density at radius 3 is 2.59 bits per heavy atom. The van der Waals surface area contributed by atoms with E-state index in [4.69, 9.17) is 9.47 Å². The van der Waals surface area contributed by atoms with Crippen LogP contribution in [0.25, 0.3) is 0 Å². The molecule has 44 heavy (non-hydrogen) atoms. The summed E-state index contributed by atoms with van der Waals surface area (Å²) in [5.74, 6) is -0.00300. The van der Waals surface area contributed by atoms with Gasteiger partial charge < -0.3 is 29.5 Å². The lowest BCUT2D eigenvalue weighted by Crippen LogP contribution is -2.43. The maximum absolute atomic E-state index is 13.4. The quantitative estimate of drug-likeness (QED) is 0.314. The minimum Gasteiger partial charge on any atom is -0.457 e. The lowest BCUT2D eigenvalue weighted by molar-refractivity contribution is -0.130. The average molecular weight is 627 g/mol. The highest BCUT2D eigenvalue weighted by Gasteiger charge is 2.31. The zero-order valence-electron chi connectivity index (χ0n) is 26.1. The molecule has 1 saturated heterocycles. The van der Waals surface area contributed by atoms with Crippen molar-refractivity contribution in [1.82, 2.24) is 20.0 Å². The monoisotopic (exact) mass is 626 g/mol. The van der Waals surface area contributed by atoms with E-state index < -0.39 is 16.1 Å². The van der Waals surface area contributed by atoms with Gasteiger partial charge in [-0.2, -0.15) is 0 Å². The van der Waals surface area contributed by atoms with E-state index in [9.17, 15) is 18.0 Å². The first-order valence-electron chi connectivity index (χ1n) is 15.6. The summed E-state index contributed by atoms with van der Waals surface area (Å²) in [7, 11) is -2.27. The van der Waals surface area contributed by atoms with Crippen LogP contribution < -0.4 is 5.32 Å². The van der Waals surface area contributed by atoms with Gasteiger partial charge in [0.1, 0.15) is 12.8 Å². The van der Waals surface area contributed by atoms with Crippen molar-refractivity contribution >= 4 is 21.8 Å². The Kier molecular flexibility index (Phi) is 12.1. The van der Waals surface area contributed by atoms with Gasteiger partial charge in [-0.1, -0.05) is 49.4 Å². The molecule has 240 valence electrons. The van der Waals surface area contributed by atoms with Gasteiger partial charge in [0, 0.05) is 39.1 Å². The number of urea groups is 1. The van der Waals surface area contributed by atoms with E-state index in [-0.39, 0.29) is 34.5 Å². The molecule has 10 nitrogen and oxygen atoms in total. The number of rotatable bonds is 14. The van der Waals surface area contributed by atoms with E-state index in [1.54, 1.807) is 30.1 Å². The smallest absolute Gasteiger partial charge is 0.317 e. The lowest BCUT2D eigenvalue weighted by Gasteiger charge is -2.29. The first kappa shape index (κ1) is 33.3. The van der Waals surface area contributed by atoms with Gasteiger partial charge in [-0.3, -0.25) is 4.79 Å². The van der Waals surface area contributed by atoms with Crippen molar-refractivity contribution < 1.29 is 27.5 Å². The summed E-state index contributed by atoms with van der Waals surface area (Å²) in [6, 6.07) is 16.7. The Hall–Kier alpha value is -3.57. The van der Waals surface area contributed by atoms with Gasteiger partial charge in [-0.15, -0.1) is 0 Å². The molecular weight excluding hydrogens is 580 g/mol. The van der Waals surface area contributed by atoms with E-state index in [0.29, 0.717) is 32.5 Å². The van der Waals surface area contributed by atoms with Crippen LogP contribution in [0.15, 0.2) is 70.8 Å². The van der Waals surface area contributed by atoms with Crippen LogP contribution in [0, 0.1) is 0 Å². The molecule has 0 aliphatic carbocycles. The summed E-state index contributed by atoms with van der Waals surface area (Å²) in [4.78, 5) is 30.7. The van der Waals surface area contributed by atoms with Crippen LogP contribution in [0.1, 0.15) is 50.7 Å². The van der Waals surface area contributed by atoms with Gasteiger partial charge in [0.25, 0.3) is 5.09 Å². The molecule has 0 aromatic heterocycles. The average Bonchev–Trinajstić information content (AvgIpc) is 3.42. The number of carbonyl (C=O) groups excluding carboxylic acids is 2. The number of hydrogen-bond acceptors (Lipinski definition) is 7. The topological polar surface area (TPSA) is 108 Å². The van der Waals surface area contributed by atoms with E-state index >= 15 is 0 Å². The standard InChI is InChI=1S/C33H46N4O6S/c1-4-16-35(17-8-9-18-36-19-11-20-37(24-30(36)38)33(39)34-3)26(2)21-28-14-10-15-29(22-28)44(40,41)32-25-42-31(43-32)23-27-12-6-5-7-13-27/h5-7,10,12-15,22,25-26,31H,4,8-9,11,16-21,23-24H2,1-3H3,(H,34,39). The highest BCUT2D eigenvalue weighted by molar-refractivity contribution is 7.95. The van der Waals surface area contributed by atoms with E-state index in [1.165, 1.54) is 6.26 Å². The van der Waals surface area contributed by atoms with Crippen molar-refractivity contribution in [2.24, 2.45) is 0 Å². The number of benzene rings is 2. The molecule has 1 N–H and O–H groups in total. The maximum Gasteiger partial charge on any atom is 0.317 e. The number of hydrogen-bond donors (Lipinski definition) is 1. The highest BCUT2D eigenvalue weighted by atomic mass is 32.2. The second kappa shape index (κ2) is 15.9. The maximum atomic E-state index is 13.4. The SMILES string of the molecule is CCCN(CCCCN1CCCN(C(=O)NC)CC1=O)C(C)Cc1cccc(S(=O)(=O)C2=COC(Cc3ccccc3)O2)c1. The molecular formula is C33H46N4O6S. The molecule has 0 saturated carbocycles. The molecule has 2 atom stereocenters. The van der Waals surface area contributed by atoms with E-state index in [0.717, 1.165) is 49.9 Å². The number of unbranched alkanes of at least 4 members (excludes halogenated alkanes) is 1. The van der Waals surface area contributed by atoms with Crippen LogP contribution in [0.2, 0.25) is 0 Å². The zero-order valence-corrected chi connectivity index (χ0v) is 26.9. The van der Waals surface area contributed by atoms with Gasteiger partial charge in [-0.05, 0) is 75.4 Å². The fourth-order valence-corrected chi connectivity index (χ4v) is 6.92. The van der Waals surface area contributed by atoms with Gasteiger partial charge in [-0.25, -0.2) is 13.2 Å². The molecule has 3 amide bonds. The van der Waals surface area contributed by atoms with Crippen molar-refractivity contribution in [2.75, 3.05) is 46.3 Å². The molecule has 2 heterocycles. The van der Waals surface area contributed by atoms with Crippen LogP contribution >= 0.6 is 0 Å². The first-order valence-corrected chi connectivity index (χ1v) is 17.1. The summed E-state index contributed by atoms with van der Waals surface area (Å²) < 4.78 is 38.0. The largest absolute Gasteiger partial charge is 0.457 e. The molecule has 0 spiro atoms. The third-order valence-corrected chi connectivity index (χ3v) is 9.70. The Morgan fingerprint density at radius 1 is 1.07 bits per heavy atom. The molecule has 0 radical (unpaired) electrons. The van der Waals surface area contributed by atoms with E-state index in [2.05, 4.69) is 24.1 Å². The van der Waals surface area contributed by atoms with Crippen molar-refractivity contribution in [2.45, 2.75) is 69.6 Å². The van der Waals surface area contributed by atoms with E-state index in [1.807, 2.05) is 41.3 Å². The molecule has 2 unspecified atom stereocenters. The Morgan fingerprint density at radius 2 is 1.84 bits per heavy atom. The summed E-state index contributed by atoms with van der Waals surface area (Å²) in [6.07, 6.45) is 5.29. The summed E-state index contributed by atoms with van der Waals surface area (Å²) in [6.45, 7) is 8.21. The minimum atomic E-state index is -3.86. The second-order valence-corrected chi connectivity index (χ2v) is 13.3. The van der Waals surface area contributed by atoms with Crippen LogP contribution in [0.4, 0.5) is 4.79 Å². The fourth-order valence-electron chi connectivity index (χ4n) is 5.71. The van der Waals surface area contributed by atoms with Crippen LogP contribution in [0.5, 0.6) is 0 Å². The summed E-state index contributed by atoms with van der Waals surface area (Å²) in [5.41, 5.74) is 1.94. The molecule has 2 aromatic carbocycles. The fraction of sp³-hybridized carbons (Fsp3) is 0.515. The van der Waals surface area contributed by atoms with Gasteiger partial charge in [0.15, 0.2) is 0 Å². The van der Waals surface area contributed by atoms with Crippen molar-refractivity contribution in [3.05, 3.63) is 77.1 Å². The number of nitrogens with one attached hydrogen (secondary N) is 1. The Balaban J connectivity index is 1.28. The third kappa shape index (κ3) is 8.98. The van der Waals surface area contributed by atoms with Crippen molar-refractivity contribution in [1.29, 1.82) is 0 Å². The second-order valence-electron chi connectivity index (χ2n) is 11.5. The molecule has 2 aliphatic rings. The van der Waals surface area contributed by atoms with Crippen LogP contribution in [-0.2, 0) is 36.9 Å². The first-order chi connectivity index (χ1) is 21.2. The highest BCUT2D eigenvalue weighted by Crippen LogP contribution is 2.28. The van der Waals surface area contributed by atoms with Crippen molar-refractivity contribution in [3.8, 4) is 0 Å².